The fourth-order valence-electron chi connectivity index (χ4n) is 1.64. The van der Waals surface area contributed by atoms with Gasteiger partial charge in [-0.3, -0.25) is 10.1 Å². The average Bonchev–Trinajstić information content (AvgIpc) is 2.56. The number of methoxy groups -OCH3 is 1. The number of rotatable bonds is 3. The van der Waals surface area contributed by atoms with Crippen molar-refractivity contribution in [1.82, 2.24) is 4.98 Å². The number of nitrogens with one attached hydrogen (secondary N) is 1. The van der Waals surface area contributed by atoms with E-state index in [0.717, 1.165) is 5.52 Å². The maximum absolute atomic E-state index is 10.9. The van der Waals surface area contributed by atoms with Crippen LogP contribution in [0, 0.1) is 10.1 Å². The van der Waals surface area contributed by atoms with Gasteiger partial charge in [-0.2, -0.15) is 0 Å². The highest BCUT2D eigenvalue weighted by Gasteiger charge is 2.20. The van der Waals surface area contributed by atoms with Crippen LogP contribution >= 0.6 is 0 Å². The highest BCUT2D eigenvalue weighted by molar-refractivity contribution is 5.90. The highest BCUT2D eigenvalue weighted by atomic mass is 16.6. The normalized spacial score (nSPS) is 10.7. The van der Waals surface area contributed by atoms with Crippen LogP contribution in [0.4, 0.5) is 5.69 Å². The van der Waals surface area contributed by atoms with Gasteiger partial charge < -0.3 is 9.72 Å². The highest BCUT2D eigenvalue weighted by Crippen LogP contribution is 2.29. The molecule has 0 fully saturated rings. The first-order valence-corrected chi connectivity index (χ1v) is 4.47. The second-order valence-corrected chi connectivity index (χ2v) is 3.19. The minimum absolute atomic E-state index is 0.104. The predicted molar refractivity (Wildman–Crippen MR) is 55.7 cm³/mol. The second kappa shape index (κ2) is 3.70. The molecule has 0 aliphatic heterocycles. The Morgan fingerprint density at radius 3 is 2.87 bits per heavy atom. The Morgan fingerprint density at radius 2 is 2.20 bits per heavy atom. The number of hydrogen-bond donors (Lipinski definition) is 1. The molecule has 1 heterocycles. The van der Waals surface area contributed by atoms with E-state index in [4.69, 9.17) is 4.74 Å². The largest absolute Gasteiger partial charge is 0.378 e. The van der Waals surface area contributed by atoms with Crippen LogP contribution in [0.15, 0.2) is 24.3 Å². The lowest BCUT2D eigenvalue weighted by atomic mass is 10.2. The quantitative estimate of drug-likeness (QED) is 0.618. The third-order valence-electron chi connectivity index (χ3n) is 2.22. The number of aromatic amines is 1. The van der Waals surface area contributed by atoms with Gasteiger partial charge in [-0.25, -0.2) is 0 Å². The number of fused-ring (bicyclic) bond motifs is 1. The first-order valence-electron chi connectivity index (χ1n) is 4.47. The van der Waals surface area contributed by atoms with E-state index in [9.17, 15) is 10.1 Å². The summed E-state index contributed by atoms with van der Waals surface area (Å²) < 4.78 is 4.91. The maximum Gasteiger partial charge on any atom is 0.300 e. The molecule has 15 heavy (non-hydrogen) atoms. The smallest absolute Gasteiger partial charge is 0.300 e. The summed E-state index contributed by atoms with van der Waals surface area (Å²) in [6, 6.07) is 7.14. The van der Waals surface area contributed by atoms with Crippen molar-refractivity contribution in [3.8, 4) is 0 Å². The molecule has 0 aliphatic rings. The molecule has 5 heteroatoms. The summed E-state index contributed by atoms with van der Waals surface area (Å²) in [6.07, 6.45) is 0. The summed E-state index contributed by atoms with van der Waals surface area (Å²) >= 11 is 0. The molecule has 1 aromatic carbocycles. The van der Waals surface area contributed by atoms with Crippen molar-refractivity contribution in [1.29, 1.82) is 0 Å². The van der Waals surface area contributed by atoms with Crippen molar-refractivity contribution in [3.63, 3.8) is 0 Å². The van der Waals surface area contributed by atoms with Crippen molar-refractivity contribution < 1.29 is 9.66 Å². The molecule has 1 aromatic heterocycles. The first-order chi connectivity index (χ1) is 7.24. The van der Waals surface area contributed by atoms with Gasteiger partial charge in [-0.1, -0.05) is 12.1 Å². The molecule has 0 radical (unpaired) electrons. The topological polar surface area (TPSA) is 68.2 Å². The number of benzene rings is 1. The van der Waals surface area contributed by atoms with Gasteiger partial charge in [-0.15, -0.1) is 0 Å². The number of hydrogen-bond acceptors (Lipinski definition) is 3. The molecule has 0 saturated carbocycles. The third kappa shape index (κ3) is 1.57. The molecule has 1 N–H and O–H groups in total. The Bertz CT molecular complexity index is 504. The molecule has 0 unspecified atom stereocenters. The Balaban J connectivity index is 2.69. The maximum atomic E-state index is 10.9. The molecule has 78 valence electrons. The van der Waals surface area contributed by atoms with Crippen LogP contribution in [0.3, 0.4) is 0 Å². The Kier molecular flexibility index (Phi) is 2.39. The summed E-state index contributed by atoms with van der Waals surface area (Å²) in [5.74, 6) is 0. The van der Waals surface area contributed by atoms with E-state index in [-0.39, 0.29) is 17.2 Å². The molecule has 5 nitrogen and oxygen atoms in total. The average molecular weight is 206 g/mol. The van der Waals surface area contributed by atoms with E-state index >= 15 is 0 Å². The molecule has 0 amide bonds. The van der Waals surface area contributed by atoms with Crippen LogP contribution < -0.4 is 0 Å². The molecule has 0 atom stereocenters. The molecular weight excluding hydrogens is 196 g/mol. The van der Waals surface area contributed by atoms with Gasteiger partial charge in [0.25, 0.3) is 5.69 Å². The van der Waals surface area contributed by atoms with E-state index in [2.05, 4.69) is 4.98 Å². The summed E-state index contributed by atoms with van der Waals surface area (Å²) in [5, 5.41) is 11.5. The number of para-hydroxylation sites is 1. The molecule has 0 spiro atoms. The van der Waals surface area contributed by atoms with Gasteiger partial charge in [-0.05, 0) is 12.1 Å². The number of H-pyrrole nitrogens is 1. The van der Waals surface area contributed by atoms with Crippen molar-refractivity contribution >= 4 is 16.6 Å². The number of nitro groups is 1. The second-order valence-electron chi connectivity index (χ2n) is 3.19. The van der Waals surface area contributed by atoms with Crippen LogP contribution in [-0.2, 0) is 11.3 Å². The van der Waals surface area contributed by atoms with Gasteiger partial charge in [0.2, 0.25) is 0 Å². The van der Waals surface area contributed by atoms with Crippen LogP contribution in [0.5, 0.6) is 0 Å². The van der Waals surface area contributed by atoms with Crippen LogP contribution in [0.2, 0.25) is 0 Å². The summed E-state index contributed by atoms with van der Waals surface area (Å²) in [6.45, 7) is 0.213. The zero-order chi connectivity index (χ0) is 10.8. The summed E-state index contributed by atoms with van der Waals surface area (Å²) in [4.78, 5) is 13.5. The molecule has 2 aromatic rings. The molecule has 2 rings (SSSR count). The summed E-state index contributed by atoms with van der Waals surface area (Å²) in [7, 11) is 1.51. The minimum Gasteiger partial charge on any atom is -0.378 e. The lowest BCUT2D eigenvalue weighted by molar-refractivity contribution is -0.384. The molecular formula is C10H10N2O3. The van der Waals surface area contributed by atoms with Crippen molar-refractivity contribution in [2.45, 2.75) is 6.61 Å². The number of ether oxygens (including phenoxy) is 1. The predicted octanol–water partition coefficient (Wildman–Crippen LogP) is 2.22. The fraction of sp³-hybridized carbons (Fsp3) is 0.200. The van der Waals surface area contributed by atoms with Gasteiger partial charge in [0.1, 0.15) is 5.69 Å². The van der Waals surface area contributed by atoms with Gasteiger partial charge in [0, 0.05) is 7.11 Å². The molecule has 0 saturated heterocycles. The SMILES string of the molecule is COCc1[nH]c2ccccc2c1[N+](=O)[O-]. The van der Waals surface area contributed by atoms with E-state index in [0.29, 0.717) is 11.1 Å². The Hall–Kier alpha value is -1.88. The standard InChI is InChI=1S/C10H10N2O3/c1-15-6-9-10(12(13)14)7-4-2-3-5-8(7)11-9/h2-5,11H,6H2,1H3. The Morgan fingerprint density at radius 1 is 1.47 bits per heavy atom. The van der Waals surface area contributed by atoms with E-state index in [1.807, 2.05) is 12.1 Å². The lowest BCUT2D eigenvalue weighted by Crippen LogP contribution is -1.94. The third-order valence-corrected chi connectivity index (χ3v) is 2.22. The number of aromatic nitrogens is 1. The molecule has 0 aliphatic carbocycles. The lowest BCUT2D eigenvalue weighted by Gasteiger charge is -1.94. The van der Waals surface area contributed by atoms with Crippen molar-refractivity contribution in [3.05, 3.63) is 40.1 Å². The van der Waals surface area contributed by atoms with Gasteiger partial charge in [0.05, 0.1) is 22.4 Å². The fourth-order valence-corrected chi connectivity index (χ4v) is 1.64. The zero-order valence-electron chi connectivity index (χ0n) is 8.19. The van der Waals surface area contributed by atoms with E-state index in [1.54, 1.807) is 12.1 Å². The van der Waals surface area contributed by atoms with Gasteiger partial charge in [0.15, 0.2) is 0 Å². The van der Waals surface area contributed by atoms with Gasteiger partial charge >= 0.3 is 0 Å². The number of nitrogens with zero attached hydrogens (tertiary/aromatic N) is 1. The minimum atomic E-state index is -0.382. The van der Waals surface area contributed by atoms with Crippen LogP contribution in [0.25, 0.3) is 10.9 Å². The zero-order valence-corrected chi connectivity index (χ0v) is 8.19. The van der Waals surface area contributed by atoms with E-state index < -0.39 is 0 Å². The van der Waals surface area contributed by atoms with Crippen molar-refractivity contribution in [2.75, 3.05) is 7.11 Å². The van der Waals surface area contributed by atoms with Crippen LogP contribution in [-0.4, -0.2) is 17.0 Å². The van der Waals surface area contributed by atoms with Crippen molar-refractivity contribution in [2.24, 2.45) is 0 Å². The van der Waals surface area contributed by atoms with E-state index in [1.165, 1.54) is 7.11 Å². The summed E-state index contributed by atoms with van der Waals surface area (Å²) in [5.41, 5.74) is 1.37. The van der Waals surface area contributed by atoms with Crippen LogP contribution in [0.1, 0.15) is 5.69 Å². The molecule has 0 bridgehead atoms. The Labute approximate surface area is 85.8 Å². The first kappa shape index (κ1) is 9.67. The monoisotopic (exact) mass is 206 g/mol.